The molecule has 0 aliphatic rings. The molecule has 0 atom stereocenters. The molecule has 1 aromatic heterocycles. The summed E-state index contributed by atoms with van der Waals surface area (Å²) in [4.78, 5) is 25.0. The van der Waals surface area contributed by atoms with Gasteiger partial charge in [-0.3, -0.25) is 14.2 Å². The highest BCUT2D eigenvalue weighted by atomic mass is 19.3. The van der Waals surface area contributed by atoms with E-state index in [1.54, 1.807) is 6.92 Å². The van der Waals surface area contributed by atoms with Crippen molar-refractivity contribution in [1.82, 2.24) is 4.57 Å². The number of aromatic nitrogens is 1. The van der Waals surface area contributed by atoms with Gasteiger partial charge in [0.15, 0.2) is 11.6 Å². The lowest BCUT2D eigenvalue weighted by molar-refractivity contribution is -0.139. The monoisotopic (exact) mass is 421 g/mol. The Morgan fingerprint density at radius 1 is 1.10 bits per heavy atom. The van der Waals surface area contributed by atoms with Crippen molar-refractivity contribution in [2.45, 2.75) is 20.0 Å². The fourth-order valence-electron chi connectivity index (χ4n) is 3.25. The van der Waals surface area contributed by atoms with Crippen molar-refractivity contribution in [1.29, 1.82) is 0 Å². The van der Waals surface area contributed by atoms with E-state index in [0.717, 1.165) is 6.07 Å². The van der Waals surface area contributed by atoms with E-state index in [2.05, 4.69) is 4.74 Å². The van der Waals surface area contributed by atoms with Crippen LogP contribution < -0.4 is 9.47 Å². The number of alkyl halides is 2. The number of carbonyl (C=O) groups excluding carboxylic acids is 2. The normalized spacial score (nSPS) is 11.0. The van der Waals surface area contributed by atoms with Gasteiger partial charge < -0.3 is 14.2 Å². The molecule has 0 amide bonds. The second-order valence-electron chi connectivity index (χ2n) is 6.36. The summed E-state index contributed by atoms with van der Waals surface area (Å²) in [6, 6.07) is 7.68. The van der Waals surface area contributed by atoms with Gasteiger partial charge in [0.05, 0.1) is 26.2 Å². The molecule has 1 heterocycles. The van der Waals surface area contributed by atoms with Crippen LogP contribution in [0.4, 0.5) is 13.2 Å². The summed E-state index contributed by atoms with van der Waals surface area (Å²) in [6.07, 6.45) is -0.130. The minimum Gasteiger partial charge on any atom is -0.494 e. The first-order valence-corrected chi connectivity index (χ1v) is 8.80. The van der Waals surface area contributed by atoms with E-state index in [9.17, 15) is 22.8 Å². The maximum absolute atomic E-state index is 14.4. The highest BCUT2D eigenvalue weighted by molar-refractivity contribution is 6.05. The Morgan fingerprint density at radius 2 is 1.77 bits per heavy atom. The first kappa shape index (κ1) is 21.2. The molecule has 9 heteroatoms. The minimum absolute atomic E-state index is 0.0354. The smallest absolute Gasteiger partial charge is 0.387 e. The summed E-state index contributed by atoms with van der Waals surface area (Å²) in [5.41, 5.74) is 1.31. The number of ether oxygens (including phenoxy) is 3. The molecule has 0 bridgehead atoms. The molecule has 0 radical (unpaired) electrons. The molecule has 30 heavy (non-hydrogen) atoms. The van der Waals surface area contributed by atoms with Gasteiger partial charge >= 0.3 is 12.6 Å². The Labute approximate surface area is 169 Å². The predicted molar refractivity (Wildman–Crippen MR) is 102 cm³/mol. The molecular formula is C21H18F3NO5. The van der Waals surface area contributed by atoms with Gasteiger partial charge in [0.1, 0.15) is 5.75 Å². The van der Waals surface area contributed by atoms with Crippen molar-refractivity contribution in [2.24, 2.45) is 0 Å². The van der Waals surface area contributed by atoms with E-state index >= 15 is 0 Å². The van der Waals surface area contributed by atoms with Crippen LogP contribution in [0.3, 0.4) is 0 Å². The van der Waals surface area contributed by atoms with Gasteiger partial charge in [-0.05, 0) is 42.8 Å². The van der Waals surface area contributed by atoms with Gasteiger partial charge in [-0.25, -0.2) is 4.39 Å². The maximum Gasteiger partial charge on any atom is 0.387 e. The first-order chi connectivity index (χ1) is 14.3. The largest absolute Gasteiger partial charge is 0.494 e. The van der Waals surface area contributed by atoms with Gasteiger partial charge in [-0.2, -0.15) is 8.78 Å². The zero-order valence-corrected chi connectivity index (χ0v) is 16.4. The van der Waals surface area contributed by atoms with Crippen LogP contribution in [-0.4, -0.2) is 37.3 Å². The van der Waals surface area contributed by atoms with E-state index in [4.69, 9.17) is 9.47 Å². The molecule has 2 aromatic carbocycles. The number of methoxy groups -OCH3 is 2. The molecule has 0 aliphatic heterocycles. The van der Waals surface area contributed by atoms with Crippen molar-refractivity contribution < 1.29 is 37.0 Å². The van der Waals surface area contributed by atoms with Crippen molar-refractivity contribution in [3.63, 3.8) is 0 Å². The number of hydrogen-bond donors (Lipinski definition) is 0. The van der Waals surface area contributed by atoms with Crippen LogP contribution in [0.15, 0.2) is 36.4 Å². The highest BCUT2D eigenvalue weighted by Crippen LogP contribution is 2.33. The quantitative estimate of drug-likeness (QED) is 0.561. The summed E-state index contributed by atoms with van der Waals surface area (Å²) in [7, 11) is 2.55. The molecule has 0 saturated heterocycles. The topological polar surface area (TPSA) is 66.8 Å². The van der Waals surface area contributed by atoms with Gasteiger partial charge in [-0.1, -0.05) is 0 Å². The molecular weight excluding hydrogens is 403 g/mol. The summed E-state index contributed by atoms with van der Waals surface area (Å²) in [5.74, 6) is -1.87. The average molecular weight is 421 g/mol. The molecule has 0 N–H and O–H groups in total. The zero-order valence-electron chi connectivity index (χ0n) is 16.4. The number of esters is 1. The Kier molecular flexibility index (Phi) is 6.00. The van der Waals surface area contributed by atoms with Crippen LogP contribution in [0.1, 0.15) is 21.6 Å². The number of benzene rings is 2. The van der Waals surface area contributed by atoms with E-state index in [1.807, 2.05) is 0 Å². The van der Waals surface area contributed by atoms with Crippen LogP contribution in [0.5, 0.6) is 11.5 Å². The average Bonchev–Trinajstić information content (AvgIpc) is 2.97. The lowest BCUT2D eigenvalue weighted by atomic mass is 10.1. The summed E-state index contributed by atoms with van der Waals surface area (Å²) in [6.45, 7) is -1.37. The Balaban J connectivity index is 2.14. The fourth-order valence-corrected chi connectivity index (χ4v) is 3.25. The lowest BCUT2D eigenvalue weighted by Crippen LogP contribution is -2.14. The molecule has 0 spiro atoms. The van der Waals surface area contributed by atoms with Gasteiger partial charge in [-0.15, -0.1) is 0 Å². The molecule has 158 valence electrons. The SMILES string of the molecule is COC(=O)Cc1c(C)n(C(=O)c2ccc(OC(F)F)cc2)c2cc(F)c(OC)cc12. The Bertz CT molecular complexity index is 1110. The minimum atomic E-state index is -2.99. The van der Waals surface area contributed by atoms with Crippen LogP contribution in [0.2, 0.25) is 0 Å². The van der Waals surface area contributed by atoms with Gasteiger partial charge in [0.2, 0.25) is 0 Å². The summed E-state index contributed by atoms with van der Waals surface area (Å²) >= 11 is 0. The summed E-state index contributed by atoms with van der Waals surface area (Å²) < 4.78 is 54.3. The number of rotatable bonds is 6. The standard InChI is InChI=1S/C21H18F3NO5/c1-11-14(9-19(26)29-3)15-8-18(28-2)16(22)10-17(15)25(11)20(27)12-4-6-13(7-5-12)30-21(23)24/h4-8,10,21H,9H2,1-3H3. The number of carbonyl (C=O) groups is 2. The van der Waals surface area contributed by atoms with Crippen molar-refractivity contribution in [3.8, 4) is 11.5 Å². The molecule has 0 fully saturated rings. The summed E-state index contributed by atoms with van der Waals surface area (Å²) in [5, 5.41) is 0.460. The number of nitrogens with zero attached hydrogens (tertiary/aromatic N) is 1. The van der Waals surface area contributed by atoms with Crippen molar-refractivity contribution in [3.05, 3.63) is 59.0 Å². The van der Waals surface area contributed by atoms with Crippen LogP contribution in [0.25, 0.3) is 10.9 Å². The second kappa shape index (κ2) is 8.48. The van der Waals surface area contributed by atoms with Crippen LogP contribution in [0, 0.1) is 12.7 Å². The maximum atomic E-state index is 14.4. The number of halogens is 3. The van der Waals surface area contributed by atoms with Gasteiger partial charge in [0, 0.05) is 22.7 Å². The number of hydrogen-bond acceptors (Lipinski definition) is 5. The highest BCUT2D eigenvalue weighted by Gasteiger charge is 2.23. The third-order valence-corrected chi connectivity index (χ3v) is 4.69. The van der Waals surface area contributed by atoms with Crippen LogP contribution in [-0.2, 0) is 16.0 Å². The fraction of sp³-hybridized carbons (Fsp3) is 0.238. The lowest BCUT2D eigenvalue weighted by Gasteiger charge is -2.09. The number of fused-ring (bicyclic) bond motifs is 1. The van der Waals surface area contributed by atoms with E-state index in [0.29, 0.717) is 16.6 Å². The third-order valence-electron chi connectivity index (χ3n) is 4.69. The molecule has 0 aliphatic carbocycles. The molecule has 0 unspecified atom stereocenters. The molecule has 3 aromatic rings. The van der Waals surface area contributed by atoms with Gasteiger partial charge in [0.25, 0.3) is 5.91 Å². The van der Waals surface area contributed by atoms with Crippen molar-refractivity contribution >= 4 is 22.8 Å². The van der Waals surface area contributed by atoms with E-state index in [1.165, 1.54) is 49.1 Å². The van der Waals surface area contributed by atoms with Crippen LogP contribution >= 0.6 is 0 Å². The molecule has 6 nitrogen and oxygen atoms in total. The van der Waals surface area contributed by atoms with E-state index in [-0.39, 0.29) is 29.0 Å². The first-order valence-electron chi connectivity index (χ1n) is 8.80. The Hall–Kier alpha value is -3.49. The zero-order chi connectivity index (χ0) is 22.0. The second-order valence-corrected chi connectivity index (χ2v) is 6.36. The van der Waals surface area contributed by atoms with Crippen molar-refractivity contribution in [2.75, 3.05) is 14.2 Å². The molecule has 0 saturated carbocycles. The third kappa shape index (κ3) is 3.96. The van der Waals surface area contributed by atoms with E-state index < -0.39 is 24.3 Å². The molecule has 3 rings (SSSR count). The Morgan fingerprint density at radius 3 is 2.33 bits per heavy atom. The predicted octanol–water partition coefficient (Wildman–Crippen LogP) is 4.10.